The Morgan fingerprint density at radius 3 is 1.58 bits per heavy atom. The molecular formula is C5H3Cl3O4. The number of carbonyl (C=O) groups is 2. The second-order valence-corrected chi connectivity index (χ2v) is 3.11. The predicted octanol–water partition coefficient (Wildman–Crippen LogP) is 1.45. The molecule has 0 spiro atoms. The van der Waals surface area contributed by atoms with Gasteiger partial charge in [-0.1, -0.05) is 34.8 Å². The van der Waals surface area contributed by atoms with Gasteiger partial charge in [-0.05, 0) is 0 Å². The molecule has 0 heterocycles. The molecule has 12 heavy (non-hydrogen) atoms. The largest absolute Gasteiger partial charge is 0.478 e. The second kappa shape index (κ2) is 4.54. The molecule has 0 aromatic heterocycles. The van der Waals surface area contributed by atoms with Crippen LogP contribution in [0.25, 0.3) is 0 Å². The monoisotopic (exact) mass is 232 g/mol. The minimum atomic E-state index is -1.58. The molecule has 4 nitrogen and oxygen atoms in total. The zero-order chi connectivity index (χ0) is 9.89. The number of rotatable bonds is 3. The van der Waals surface area contributed by atoms with Crippen LogP contribution in [-0.4, -0.2) is 27.0 Å². The molecule has 0 aromatic rings. The van der Waals surface area contributed by atoms with Crippen molar-refractivity contribution in [3.05, 3.63) is 10.6 Å². The molecule has 0 radical (unpaired) electrons. The molecule has 0 aliphatic rings. The van der Waals surface area contributed by atoms with Gasteiger partial charge in [-0.15, -0.1) is 0 Å². The molecule has 0 saturated carbocycles. The van der Waals surface area contributed by atoms with Crippen molar-refractivity contribution in [1.82, 2.24) is 0 Å². The van der Waals surface area contributed by atoms with Crippen molar-refractivity contribution in [2.24, 2.45) is 0 Å². The van der Waals surface area contributed by atoms with Crippen LogP contribution in [0.3, 0.4) is 0 Å². The Kier molecular flexibility index (Phi) is 4.37. The first-order chi connectivity index (χ1) is 5.37. The van der Waals surface area contributed by atoms with E-state index < -0.39 is 27.4 Å². The fraction of sp³-hybridized carbons (Fsp3) is 0.200. The van der Waals surface area contributed by atoms with Crippen molar-refractivity contribution < 1.29 is 19.8 Å². The Bertz CT molecular complexity index is 245. The lowest BCUT2D eigenvalue weighted by Crippen LogP contribution is -2.13. The summed E-state index contributed by atoms with van der Waals surface area (Å²) in [5, 5.41) is 15.8. The van der Waals surface area contributed by atoms with Gasteiger partial charge in [-0.25, -0.2) is 9.59 Å². The minimum Gasteiger partial charge on any atom is -0.478 e. The molecule has 0 aliphatic heterocycles. The third-order valence-corrected chi connectivity index (χ3v) is 1.67. The van der Waals surface area contributed by atoms with E-state index in [2.05, 4.69) is 0 Å². The van der Waals surface area contributed by atoms with Gasteiger partial charge in [0.15, 0.2) is 0 Å². The maximum Gasteiger partial charge on any atom is 0.347 e. The summed E-state index contributed by atoms with van der Waals surface area (Å²) in [7, 11) is 0. The number of hydrogen-bond donors (Lipinski definition) is 2. The lowest BCUT2D eigenvalue weighted by molar-refractivity contribution is -0.135. The van der Waals surface area contributed by atoms with Crippen molar-refractivity contribution in [2.45, 2.75) is 4.84 Å². The van der Waals surface area contributed by atoms with Crippen molar-refractivity contribution in [3.63, 3.8) is 0 Å². The third-order valence-electron chi connectivity index (χ3n) is 0.873. The van der Waals surface area contributed by atoms with Crippen LogP contribution in [0.5, 0.6) is 0 Å². The van der Waals surface area contributed by atoms with Gasteiger partial charge in [0.25, 0.3) is 0 Å². The second-order valence-electron chi connectivity index (χ2n) is 1.64. The van der Waals surface area contributed by atoms with Gasteiger partial charge in [0.1, 0.15) is 9.87 Å². The molecule has 0 atom stereocenters. The van der Waals surface area contributed by atoms with E-state index in [1.165, 1.54) is 0 Å². The third kappa shape index (κ3) is 2.89. The van der Waals surface area contributed by atoms with Gasteiger partial charge in [0, 0.05) is 0 Å². The molecule has 0 unspecified atom stereocenters. The average molecular weight is 233 g/mol. The van der Waals surface area contributed by atoms with Gasteiger partial charge in [-0.2, -0.15) is 0 Å². The highest BCUT2D eigenvalue weighted by molar-refractivity contribution is 6.51. The Balaban J connectivity index is 5.08. The van der Waals surface area contributed by atoms with Gasteiger partial charge in [0.05, 0.1) is 5.57 Å². The highest BCUT2D eigenvalue weighted by Gasteiger charge is 2.23. The Labute approximate surface area is 82.3 Å². The van der Waals surface area contributed by atoms with Gasteiger partial charge in [0.2, 0.25) is 0 Å². The summed E-state index contributed by atoms with van der Waals surface area (Å²) in [5.74, 6) is -3.14. The van der Waals surface area contributed by atoms with E-state index in [9.17, 15) is 9.59 Å². The predicted molar refractivity (Wildman–Crippen MR) is 43.6 cm³/mol. The number of carboxylic acids is 2. The smallest absolute Gasteiger partial charge is 0.347 e. The molecule has 0 amide bonds. The molecule has 68 valence electrons. The van der Waals surface area contributed by atoms with Crippen LogP contribution in [-0.2, 0) is 9.59 Å². The summed E-state index contributed by atoms with van der Waals surface area (Å²) >= 11 is 15.4. The summed E-state index contributed by atoms with van der Waals surface area (Å²) in [6.07, 6.45) is 0. The fourth-order valence-corrected chi connectivity index (χ4v) is 1.10. The molecule has 0 bridgehead atoms. The van der Waals surface area contributed by atoms with E-state index >= 15 is 0 Å². The molecule has 0 saturated heterocycles. The molecule has 0 aromatic carbocycles. The van der Waals surface area contributed by atoms with Crippen molar-refractivity contribution in [3.8, 4) is 0 Å². The summed E-state index contributed by atoms with van der Waals surface area (Å²) in [5.41, 5.74) is -0.743. The normalized spacial score (nSPS) is 12.7. The number of carboxylic acid groups (broad SMARTS) is 2. The number of aliphatic carboxylic acids is 2. The van der Waals surface area contributed by atoms with Crippen molar-refractivity contribution in [2.75, 3.05) is 0 Å². The van der Waals surface area contributed by atoms with Crippen LogP contribution in [0.1, 0.15) is 0 Å². The first-order valence-corrected chi connectivity index (χ1v) is 3.77. The first-order valence-electron chi connectivity index (χ1n) is 2.52. The van der Waals surface area contributed by atoms with Crippen LogP contribution in [0, 0.1) is 0 Å². The Morgan fingerprint density at radius 2 is 1.50 bits per heavy atom. The van der Waals surface area contributed by atoms with E-state index in [4.69, 9.17) is 45.0 Å². The molecule has 0 fully saturated rings. The average Bonchev–Trinajstić information content (AvgIpc) is 1.85. The standard InChI is InChI=1S/C5H3Cl3O4/c6-2(5(11)12)1(3(7)8)4(9)10/h3H,(H,9,10)(H,11,12). The zero-order valence-electron chi connectivity index (χ0n) is 5.42. The van der Waals surface area contributed by atoms with Crippen LogP contribution in [0.2, 0.25) is 0 Å². The first kappa shape index (κ1) is 11.6. The maximum absolute atomic E-state index is 10.3. The molecule has 0 rings (SSSR count). The lowest BCUT2D eigenvalue weighted by Gasteiger charge is -2.02. The Hall–Kier alpha value is -0.450. The molecular weight excluding hydrogens is 230 g/mol. The van der Waals surface area contributed by atoms with Gasteiger partial charge >= 0.3 is 11.9 Å². The van der Waals surface area contributed by atoms with Crippen LogP contribution >= 0.6 is 34.8 Å². The van der Waals surface area contributed by atoms with E-state index in [0.717, 1.165) is 0 Å². The number of halogens is 3. The van der Waals surface area contributed by atoms with Crippen LogP contribution < -0.4 is 0 Å². The molecule has 0 aliphatic carbocycles. The van der Waals surface area contributed by atoms with Crippen LogP contribution in [0.4, 0.5) is 0 Å². The summed E-state index contributed by atoms with van der Waals surface area (Å²) < 4.78 is 0. The van der Waals surface area contributed by atoms with Gasteiger partial charge < -0.3 is 10.2 Å². The van der Waals surface area contributed by atoms with E-state index in [1.54, 1.807) is 0 Å². The fourth-order valence-electron chi connectivity index (χ4n) is 0.398. The highest BCUT2D eigenvalue weighted by Crippen LogP contribution is 2.21. The maximum atomic E-state index is 10.3. The SMILES string of the molecule is O=C(O)C(Cl)=C(C(=O)O)C(Cl)Cl. The summed E-state index contributed by atoms with van der Waals surface area (Å²) in [4.78, 5) is 19.0. The summed E-state index contributed by atoms with van der Waals surface area (Å²) in [6.45, 7) is 0. The Morgan fingerprint density at radius 1 is 1.08 bits per heavy atom. The lowest BCUT2D eigenvalue weighted by atomic mass is 10.3. The quantitative estimate of drug-likeness (QED) is 0.571. The van der Waals surface area contributed by atoms with E-state index in [-0.39, 0.29) is 0 Å². The minimum absolute atomic E-state index is 0.743. The van der Waals surface area contributed by atoms with Crippen molar-refractivity contribution >= 4 is 46.7 Å². The summed E-state index contributed by atoms with van der Waals surface area (Å²) in [6, 6.07) is 0. The highest BCUT2D eigenvalue weighted by atomic mass is 35.5. The van der Waals surface area contributed by atoms with E-state index in [1.807, 2.05) is 0 Å². The zero-order valence-corrected chi connectivity index (χ0v) is 7.69. The van der Waals surface area contributed by atoms with E-state index in [0.29, 0.717) is 0 Å². The number of alkyl halides is 2. The van der Waals surface area contributed by atoms with Crippen molar-refractivity contribution in [1.29, 1.82) is 0 Å². The molecule has 2 N–H and O–H groups in total. The number of hydrogen-bond acceptors (Lipinski definition) is 2. The molecule has 7 heteroatoms. The topological polar surface area (TPSA) is 74.6 Å². The van der Waals surface area contributed by atoms with Gasteiger partial charge in [-0.3, -0.25) is 0 Å². The van der Waals surface area contributed by atoms with Crippen LogP contribution in [0.15, 0.2) is 10.6 Å².